The zero-order valence-corrected chi connectivity index (χ0v) is 9.89. The quantitative estimate of drug-likeness (QED) is 0.744. The average molecular weight is 198 g/mol. The second-order valence-corrected chi connectivity index (χ2v) is 4.83. The minimum Gasteiger partial charge on any atom is -0.317 e. The Morgan fingerprint density at radius 2 is 1.79 bits per heavy atom. The summed E-state index contributed by atoms with van der Waals surface area (Å²) in [6.45, 7) is 11.0. The number of nitrogens with one attached hydrogen (secondary N) is 1. The molecule has 0 aromatic rings. The standard InChI is InChI=1S/C12H26N2/c1-12(2)6-3-9-14-10-4-7-13-8-5-11-14/h12-13H,3-11H2,1-2H3. The van der Waals surface area contributed by atoms with Crippen LogP contribution in [0.4, 0.5) is 0 Å². The fraction of sp³-hybridized carbons (Fsp3) is 1.00. The maximum absolute atomic E-state index is 3.46. The number of hydrogen-bond donors (Lipinski definition) is 1. The highest BCUT2D eigenvalue weighted by Crippen LogP contribution is 2.06. The molecule has 2 nitrogen and oxygen atoms in total. The molecule has 2 heteroatoms. The first-order valence-electron chi connectivity index (χ1n) is 6.22. The Balaban J connectivity index is 2.08. The van der Waals surface area contributed by atoms with E-state index in [1.165, 1.54) is 58.4 Å². The maximum Gasteiger partial charge on any atom is -0.000663 e. The normalized spacial score (nSPS) is 20.8. The molecule has 1 heterocycles. The van der Waals surface area contributed by atoms with Gasteiger partial charge < -0.3 is 10.2 Å². The number of nitrogens with zero attached hydrogens (tertiary/aromatic N) is 1. The van der Waals surface area contributed by atoms with Crippen LogP contribution in [0, 0.1) is 5.92 Å². The van der Waals surface area contributed by atoms with Gasteiger partial charge in [0.15, 0.2) is 0 Å². The van der Waals surface area contributed by atoms with Crippen molar-refractivity contribution in [2.45, 2.75) is 39.5 Å². The van der Waals surface area contributed by atoms with Crippen LogP contribution >= 0.6 is 0 Å². The predicted octanol–water partition coefficient (Wildman–Crippen LogP) is 2.11. The largest absolute Gasteiger partial charge is 0.317 e. The van der Waals surface area contributed by atoms with Crippen LogP contribution in [0.2, 0.25) is 0 Å². The molecule has 0 amide bonds. The van der Waals surface area contributed by atoms with Gasteiger partial charge in [-0.3, -0.25) is 0 Å². The van der Waals surface area contributed by atoms with Gasteiger partial charge in [0, 0.05) is 0 Å². The van der Waals surface area contributed by atoms with Crippen LogP contribution in [-0.2, 0) is 0 Å². The van der Waals surface area contributed by atoms with Crippen LogP contribution in [0.3, 0.4) is 0 Å². The van der Waals surface area contributed by atoms with E-state index in [1.807, 2.05) is 0 Å². The molecule has 1 aliphatic rings. The fourth-order valence-electron chi connectivity index (χ4n) is 2.04. The lowest BCUT2D eigenvalue weighted by Crippen LogP contribution is -2.34. The lowest BCUT2D eigenvalue weighted by Gasteiger charge is -2.25. The third-order valence-electron chi connectivity index (χ3n) is 2.91. The Bertz CT molecular complexity index is 126. The van der Waals surface area contributed by atoms with E-state index in [-0.39, 0.29) is 0 Å². The average Bonchev–Trinajstić information content (AvgIpc) is 2.07. The second kappa shape index (κ2) is 7.24. The van der Waals surface area contributed by atoms with Crippen LogP contribution in [-0.4, -0.2) is 37.6 Å². The summed E-state index contributed by atoms with van der Waals surface area (Å²) in [4.78, 5) is 2.64. The predicted molar refractivity (Wildman–Crippen MR) is 62.6 cm³/mol. The highest BCUT2D eigenvalue weighted by molar-refractivity contribution is 4.64. The zero-order chi connectivity index (χ0) is 10.2. The van der Waals surface area contributed by atoms with Crippen molar-refractivity contribution >= 4 is 0 Å². The topological polar surface area (TPSA) is 15.3 Å². The molecular formula is C12H26N2. The summed E-state index contributed by atoms with van der Waals surface area (Å²) in [6.07, 6.45) is 5.41. The fourth-order valence-corrected chi connectivity index (χ4v) is 2.04. The first kappa shape index (κ1) is 12.0. The monoisotopic (exact) mass is 198 g/mol. The first-order valence-corrected chi connectivity index (χ1v) is 6.22. The molecule has 1 fully saturated rings. The van der Waals surface area contributed by atoms with Gasteiger partial charge in [0.25, 0.3) is 0 Å². The van der Waals surface area contributed by atoms with Crippen molar-refractivity contribution in [3.05, 3.63) is 0 Å². The van der Waals surface area contributed by atoms with Gasteiger partial charge in [-0.15, -0.1) is 0 Å². The van der Waals surface area contributed by atoms with Crippen LogP contribution in [0.25, 0.3) is 0 Å². The molecule has 0 aromatic heterocycles. The van der Waals surface area contributed by atoms with Crippen LogP contribution in [0.1, 0.15) is 39.5 Å². The van der Waals surface area contributed by atoms with E-state index in [1.54, 1.807) is 0 Å². The first-order chi connectivity index (χ1) is 6.79. The molecule has 0 atom stereocenters. The summed E-state index contributed by atoms with van der Waals surface area (Å²) in [5, 5.41) is 3.46. The van der Waals surface area contributed by atoms with E-state index < -0.39 is 0 Å². The zero-order valence-electron chi connectivity index (χ0n) is 9.89. The third-order valence-corrected chi connectivity index (χ3v) is 2.91. The molecule has 0 aliphatic carbocycles. The number of hydrogen-bond acceptors (Lipinski definition) is 2. The summed E-state index contributed by atoms with van der Waals surface area (Å²) < 4.78 is 0. The smallest absolute Gasteiger partial charge is 0.000663 e. The molecule has 0 spiro atoms. The minimum atomic E-state index is 0.867. The summed E-state index contributed by atoms with van der Waals surface area (Å²) in [5.41, 5.74) is 0. The van der Waals surface area contributed by atoms with Gasteiger partial charge >= 0.3 is 0 Å². The molecule has 1 N–H and O–H groups in total. The Labute approximate surface area is 89.1 Å². The molecule has 1 saturated heterocycles. The van der Waals surface area contributed by atoms with Gasteiger partial charge in [0.05, 0.1) is 0 Å². The van der Waals surface area contributed by atoms with Crippen molar-refractivity contribution in [1.82, 2.24) is 10.2 Å². The van der Waals surface area contributed by atoms with Crippen molar-refractivity contribution < 1.29 is 0 Å². The molecule has 0 unspecified atom stereocenters. The molecule has 0 saturated carbocycles. The van der Waals surface area contributed by atoms with Gasteiger partial charge in [-0.2, -0.15) is 0 Å². The highest BCUT2D eigenvalue weighted by atomic mass is 15.1. The molecule has 14 heavy (non-hydrogen) atoms. The molecule has 84 valence electrons. The molecular weight excluding hydrogens is 172 g/mol. The summed E-state index contributed by atoms with van der Waals surface area (Å²) in [7, 11) is 0. The van der Waals surface area contributed by atoms with Gasteiger partial charge in [0.2, 0.25) is 0 Å². The molecule has 0 bridgehead atoms. The Kier molecular flexibility index (Phi) is 6.20. The molecule has 0 aromatic carbocycles. The number of rotatable bonds is 4. The lowest BCUT2D eigenvalue weighted by molar-refractivity contribution is 0.244. The SMILES string of the molecule is CC(C)CCCN1CCCNCCC1. The minimum absolute atomic E-state index is 0.867. The van der Waals surface area contributed by atoms with Gasteiger partial charge in [-0.25, -0.2) is 0 Å². The van der Waals surface area contributed by atoms with Gasteiger partial charge in [0.1, 0.15) is 0 Å². The van der Waals surface area contributed by atoms with Crippen LogP contribution < -0.4 is 5.32 Å². The van der Waals surface area contributed by atoms with Crippen molar-refractivity contribution in [1.29, 1.82) is 0 Å². The summed E-state index contributed by atoms with van der Waals surface area (Å²) in [6, 6.07) is 0. The van der Waals surface area contributed by atoms with Crippen LogP contribution in [0.15, 0.2) is 0 Å². The lowest BCUT2D eigenvalue weighted by atomic mass is 10.1. The summed E-state index contributed by atoms with van der Waals surface area (Å²) in [5.74, 6) is 0.867. The molecule has 1 rings (SSSR count). The van der Waals surface area contributed by atoms with Crippen molar-refractivity contribution in [2.75, 3.05) is 32.7 Å². The van der Waals surface area contributed by atoms with E-state index in [2.05, 4.69) is 24.1 Å². The molecule has 1 aliphatic heterocycles. The highest BCUT2D eigenvalue weighted by Gasteiger charge is 2.07. The Morgan fingerprint density at radius 1 is 1.14 bits per heavy atom. The summed E-state index contributed by atoms with van der Waals surface area (Å²) >= 11 is 0. The van der Waals surface area contributed by atoms with Crippen molar-refractivity contribution in [2.24, 2.45) is 5.92 Å². The van der Waals surface area contributed by atoms with Crippen molar-refractivity contribution in [3.8, 4) is 0 Å². The molecule has 0 radical (unpaired) electrons. The van der Waals surface area contributed by atoms with E-state index in [9.17, 15) is 0 Å². The van der Waals surface area contributed by atoms with E-state index in [4.69, 9.17) is 0 Å². The Hall–Kier alpha value is -0.0800. The second-order valence-electron chi connectivity index (χ2n) is 4.83. The van der Waals surface area contributed by atoms with Gasteiger partial charge in [-0.05, 0) is 64.3 Å². The maximum atomic E-state index is 3.46. The van der Waals surface area contributed by atoms with Crippen molar-refractivity contribution in [3.63, 3.8) is 0 Å². The van der Waals surface area contributed by atoms with E-state index >= 15 is 0 Å². The third kappa shape index (κ3) is 5.61. The van der Waals surface area contributed by atoms with E-state index in [0.29, 0.717) is 0 Å². The Morgan fingerprint density at radius 3 is 2.36 bits per heavy atom. The van der Waals surface area contributed by atoms with E-state index in [0.717, 1.165) is 5.92 Å². The van der Waals surface area contributed by atoms with Gasteiger partial charge in [-0.1, -0.05) is 13.8 Å². The van der Waals surface area contributed by atoms with Crippen LogP contribution in [0.5, 0.6) is 0 Å².